The minimum absolute atomic E-state index is 0.00813. The Kier molecular flexibility index (Phi) is 6.27. The second kappa shape index (κ2) is 8.71. The van der Waals surface area contributed by atoms with Crippen molar-refractivity contribution >= 4 is 11.7 Å². The fourth-order valence-corrected chi connectivity index (χ4v) is 2.87. The summed E-state index contributed by atoms with van der Waals surface area (Å²) in [7, 11) is 1.44. The van der Waals surface area contributed by atoms with Gasteiger partial charge in [-0.3, -0.25) is 13.9 Å². The van der Waals surface area contributed by atoms with E-state index in [0.717, 1.165) is 16.7 Å². The normalized spacial score (nSPS) is 13.2. The molecule has 1 N–H and O–H groups in total. The average Bonchev–Trinajstić information content (AvgIpc) is 3.09. The number of nitrogens with zero attached hydrogens (tertiary/aromatic N) is 3. The molecule has 1 aromatic heterocycles. The third kappa shape index (κ3) is 4.89. The number of fused-ring (bicyclic) bond motifs is 1. The lowest BCUT2D eigenvalue weighted by Gasteiger charge is -2.10. The molecule has 0 saturated carbocycles. The number of aliphatic hydroxyl groups is 1. The SMILES string of the molecule is Cn1c2c(c(=O)n(CCOCCO)c1=O)CC(Oc1cccc(OC(F)(F)F)c1)=N2. The van der Waals surface area contributed by atoms with Crippen LogP contribution in [0.3, 0.4) is 0 Å². The number of alkyl halides is 3. The van der Waals surface area contributed by atoms with Gasteiger partial charge in [0, 0.05) is 13.1 Å². The molecule has 0 unspecified atom stereocenters. The highest BCUT2D eigenvalue weighted by atomic mass is 19.4. The van der Waals surface area contributed by atoms with Crippen LogP contribution >= 0.6 is 0 Å². The van der Waals surface area contributed by atoms with Crippen molar-refractivity contribution in [3.63, 3.8) is 0 Å². The lowest BCUT2D eigenvalue weighted by molar-refractivity contribution is -0.274. The molecule has 0 amide bonds. The third-order valence-corrected chi connectivity index (χ3v) is 4.14. The number of aromatic nitrogens is 2. The zero-order chi connectivity index (χ0) is 21.9. The maximum absolute atomic E-state index is 12.7. The zero-order valence-electron chi connectivity index (χ0n) is 15.8. The first-order chi connectivity index (χ1) is 14.2. The molecule has 0 fully saturated rings. The lowest BCUT2D eigenvalue weighted by atomic mass is 10.2. The molecule has 12 heteroatoms. The molecule has 162 valence electrons. The highest BCUT2D eigenvalue weighted by Gasteiger charge is 2.31. The number of benzene rings is 1. The average molecular weight is 429 g/mol. The third-order valence-electron chi connectivity index (χ3n) is 4.14. The number of aliphatic hydroxyl groups excluding tert-OH is 1. The summed E-state index contributed by atoms with van der Waals surface area (Å²) in [4.78, 5) is 29.3. The molecule has 30 heavy (non-hydrogen) atoms. The molecule has 1 aliphatic heterocycles. The largest absolute Gasteiger partial charge is 0.573 e. The van der Waals surface area contributed by atoms with E-state index in [0.29, 0.717) is 0 Å². The second-order valence-electron chi connectivity index (χ2n) is 6.24. The summed E-state index contributed by atoms with van der Waals surface area (Å²) in [6.07, 6.45) is -4.88. The van der Waals surface area contributed by atoms with Crippen molar-refractivity contribution in [3.05, 3.63) is 50.7 Å². The first-order valence-electron chi connectivity index (χ1n) is 8.82. The van der Waals surface area contributed by atoms with Gasteiger partial charge in [0.25, 0.3) is 5.56 Å². The van der Waals surface area contributed by atoms with Gasteiger partial charge in [0.15, 0.2) is 0 Å². The van der Waals surface area contributed by atoms with Gasteiger partial charge in [-0.1, -0.05) is 6.07 Å². The molecule has 9 nitrogen and oxygen atoms in total. The van der Waals surface area contributed by atoms with Crippen molar-refractivity contribution in [2.75, 3.05) is 19.8 Å². The van der Waals surface area contributed by atoms with Crippen LogP contribution < -0.4 is 20.7 Å². The summed E-state index contributed by atoms with van der Waals surface area (Å²) in [5, 5.41) is 8.71. The molecule has 1 aliphatic rings. The van der Waals surface area contributed by atoms with Crippen LogP contribution in [0.5, 0.6) is 11.5 Å². The van der Waals surface area contributed by atoms with E-state index in [1.54, 1.807) is 0 Å². The number of halogens is 3. The highest BCUT2D eigenvalue weighted by Crippen LogP contribution is 2.28. The van der Waals surface area contributed by atoms with Gasteiger partial charge in [0.05, 0.1) is 38.3 Å². The Balaban J connectivity index is 1.80. The minimum atomic E-state index is -4.84. The molecule has 2 heterocycles. The molecular weight excluding hydrogens is 411 g/mol. The first-order valence-corrected chi connectivity index (χ1v) is 8.82. The van der Waals surface area contributed by atoms with Gasteiger partial charge in [0.2, 0.25) is 5.90 Å². The summed E-state index contributed by atoms with van der Waals surface area (Å²) in [5.74, 6) is -0.259. The number of hydrogen-bond acceptors (Lipinski definition) is 7. The van der Waals surface area contributed by atoms with Crippen molar-refractivity contribution < 1.29 is 32.5 Å². The Labute approximate surface area is 167 Å². The smallest absolute Gasteiger partial charge is 0.442 e. The zero-order valence-corrected chi connectivity index (χ0v) is 15.8. The fourth-order valence-electron chi connectivity index (χ4n) is 2.87. The maximum Gasteiger partial charge on any atom is 0.573 e. The van der Waals surface area contributed by atoms with Crippen LogP contribution in [0.15, 0.2) is 38.8 Å². The van der Waals surface area contributed by atoms with E-state index in [4.69, 9.17) is 14.6 Å². The minimum Gasteiger partial charge on any atom is -0.442 e. The molecule has 0 saturated heterocycles. The molecule has 1 aromatic carbocycles. The van der Waals surface area contributed by atoms with Gasteiger partial charge >= 0.3 is 12.1 Å². The second-order valence-corrected chi connectivity index (χ2v) is 6.24. The topological polar surface area (TPSA) is 104 Å². The molecule has 0 atom stereocenters. The standard InChI is InChI=1S/C18H18F3N3O6/c1-23-15-13(16(26)24(17(23)27)5-7-28-8-6-25)10-14(22-15)29-11-3-2-4-12(9-11)30-18(19,20)21/h2-4,9,25H,5-8,10H2,1H3. The Morgan fingerprint density at radius 1 is 1.20 bits per heavy atom. The predicted molar refractivity (Wildman–Crippen MR) is 98.4 cm³/mol. The van der Waals surface area contributed by atoms with Gasteiger partial charge in [-0.25, -0.2) is 4.79 Å². The van der Waals surface area contributed by atoms with Crippen LogP contribution in [0.2, 0.25) is 0 Å². The summed E-state index contributed by atoms with van der Waals surface area (Å²) in [6, 6.07) is 4.88. The summed E-state index contributed by atoms with van der Waals surface area (Å²) in [6.45, 7) is -0.0461. The van der Waals surface area contributed by atoms with Crippen LogP contribution in [0, 0.1) is 0 Å². The molecule has 0 aliphatic carbocycles. The monoisotopic (exact) mass is 429 g/mol. The van der Waals surface area contributed by atoms with Crippen LogP contribution in [0.4, 0.5) is 19.0 Å². The maximum atomic E-state index is 12.7. The number of rotatable bonds is 7. The van der Waals surface area contributed by atoms with Crippen LogP contribution in [0.1, 0.15) is 5.56 Å². The first kappa shape index (κ1) is 21.6. The van der Waals surface area contributed by atoms with E-state index in [1.165, 1.54) is 23.7 Å². The number of hydrogen-bond donors (Lipinski definition) is 1. The Hall–Kier alpha value is -3.12. The van der Waals surface area contributed by atoms with Gasteiger partial charge in [-0.15, -0.1) is 13.2 Å². The van der Waals surface area contributed by atoms with E-state index in [1.807, 2.05) is 0 Å². The van der Waals surface area contributed by atoms with Crippen LogP contribution in [0.25, 0.3) is 0 Å². The molecule has 2 aromatic rings. The van der Waals surface area contributed by atoms with Gasteiger partial charge in [0.1, 0.15) is 17.3 Å². The Bertz CT molecular complexity index is 1070. The molecule has 0 spiro atoms. The van der Waals surface area contributed by atoms with E-state index in [2.05, 4.69) is 9.73 Å². The Morgan fingerprint density at radius 3 is 2.63 bits per heavy atom. The summed E-state index contributed by atoms with van der Waals surface area (Å²) in [5.41, 5.74) is -0.939. The van der Waals surface area contributed by atoms with Crippen molar-refractivity contribution in [3.8, 4) is 11.5 Å². The molecular formula is C18H18F3N3O6. The molecule has 0 radical (unpaired) electrons. The summed E-state index contributed by atoms with van der Waals surface area (Å²) < 4.78 is 53.8. The van der Waals surface area contributed by atoms with Crippen molar-refractivity contribution in [1.82, 2.24) is 9.13 Å². The van der Waals surface area contributed by atoms with Crippen LogP contribution in [-0.2, 0) is 24.8 Å². The lowest BCUT2D eigenvalue weighted by Crippen LogP contribution is -2.41. The van der Waals surface area contributed by atoms with Crippen molar-refractivity contribution in [2.24, 2.45) is 12.0 Å². The highest BCUT2D eigenvalue weighted by molar-refractivity contribution is 5.88. The number of aliphatic imine (C=N–C) groups is 1. The number of ether oxygens (including phenoxy) is 3. The van der Waals surface area contributed by atoms with E-state index >= 15 is 0 Å². The van der Waals surface area contributed by atoms with Crippen molar-refractivity contribution in [1.29, 1.82) is 0 Å². The van der Waals surface area contributed by atoms with Gasteiger partial charge in [-0.2, -0.15) is 4.99 Å². The van der Waals surface area contributed by atoms with Crippen LogP contribution in [-0.4, -0.2) is 46.3 Å². The van der Waals surface area contributed by atoms with E-state index in [9.17, 15) is 22.8 Å². The Morgan fingerprint density at radius 2 is 1.93 bits per heavy atom. The predicted octanol–water partition coefficient (Wildman–Crippen LogP) is 1.12. The van der Waals surface area contributed by atoms with E-state index < -0.39 is 23.4 Å². The molecule has 3 rings (SSSR count). The molecule has 0 bridgehead atoms. The van der Waals surface area contributed by atoms with Gasteiger partial charge < -0.3 is 19.3 Å². The quantitative estimate of drug-likeness (QED) is 0.662. The van der Waals surface area contributed by atoms with Gasteiger partial charge in [-0.05, 0) is 12.1 Å². The summed E-state index contributed by atoms with van der Waals surface area (Å²) >= 11 is 0. The van der Waals surface area contributed by atoms with Crippen molar-refractivity contribution in [2.45, 2.75) is 19.3 Å². The fraction of sp³-hybridized carbons (Fsp3) is 0.389. The van der Waals surface area contributed by atoms with E-state index in [-0.39, 0.29) is 55.8 Å².